The fraction of sp³-hybridized carbons (Fsp3) is 0.768. The predicted molar refractivity (Wildman–Crippen MR) is 271 cm³/mol. The fourth-order valence-electron chi connectivity index (χ4n) is 11.0. The van der Waals surface area contributed by atoms with Crippen molar-refractivity contribution < 1.29 is 77.6 Å². The SMILES string of the molecule is CO[C@@H]1C[C@H](C[C@@H](C)[C@@H]2CC(=O)[C@H](C)/C=C(\C)[C@@H](O)[C@@H](OC)C(=O)[C@H](C)C[C@H](C)/C=C/C=C/C=C(\C)C(OCC3COC(CO)CO3)C[C@@H]3CC[C@@H](C)[C@@](O)(O3)C(=O)C(=O)N3CCCC[C@H]3C(=O)O2)CC[C@H]1O. The molecule has 17 atom stereocenters. The number of nitrogens with zero attached hydrogens (tertiary/aromatic N) is 1. The van der Waals surface area contributed by atoms with E-state index in [0.29, 0.717) is 63.4 Å². The number of carbonyl (C=O) groups is 5. The Bertz CT molecular complexity index is 1960. The van der Waals surface area contributed by atoms with Gasteiger partial charge < -0.3 is 58.5 Å². The van der Waals surface area contributed by atoms with E-state index in [0.717, 1.165) is 5.57 Å². The van der Waals surface area contributed by atoms with Crippen molar-refractivity contribution in [3.63, 3.8) is 0 Å². The minimum atomic E-state index is -2.51. The Morgan fingerprint density at radius 2 is 1.58 bits per heavy atom. The van der Waals surface area contributed by atoms with E-state index in [-0.39, 0.29) is 87.7 Å². The molecule has 4 heterocycles. The number of aliphatic hydroxyl groups excluding tert-OH is 3. The van der Waals surface area contributed by atoms with Crippen molar-refractivity contribution in [1.29, 1.82) is 0 Å². The van der Waals surface area contributed by atoms with Crippen molar-refractivity contribution >= 4 is 29.2 Å². The highest BCUT2D eigenvalue weighted by atomic mass is 16.6. The zero-order valence-corrected chi connectivity index (χ0v) is 44.9. The van der Waals surface area contributed by atoms with Gasteiger partial charge in [-0.3, -0.25) is 19.2 Å². The molecule has 5 rings (SSSR count). The number of rotatable bonds is 9. The topological polar surface area (TPSA) is 234 Å². The van der Waals surface area contributed by atoms with E-state index in [1.807, 2.05) is 51.2 Å². The van der Waals surface area contributed by atoms with Crippen molar-refractivity contribution in [2.24, 2.45) is 35.5 Å². The summed E-state index contributed by atoms with van der Waals surface area (Å²) in [6.45, 7) is 13.0. The Kier molecular flexibility index (Phi) is 23.6. The van der Waals surface area contributed by atoms with Crippen molar-refractivity contribution in [3.05, 3.63) is 47.6 Å². The number of allylic oxidation sites excluding steroid dienone is 6. The van der Waals surface area contributed by atoms with E-state index in [1.54, 1.807) is 40.9 Å². The number of carbonyl (C=O) groups excluding carboxylic acids is 5. The van der Waals surface area contributed by atoms with Crippen LogP contribution in [0.25, 0.3) is 0 Å². The summed E-state index contributed by atoms with van der Waals surface area (Å²) in [7, 11) is 2.93. The maximum atomic E-state index is 14.5. The van der Waals surface area contributed by atoms with Crippen molar-refractivity contribution in [2.45, 2.75) is 192 Å². The normalized spacial score (nSPS) is 40.6. The van der Waals surface area contributed by atoms with Gasteiger partial charge in [0.25, 0.3) is 11.7 Å². The lowest BCUT2D eigenvalue weighted by Gasteiger charge is -2.43. The number of ether oxygens (including phenoxy) is 7. The van der Waals surface area contributed by atoms with Gasteiger partial charge in [-0.2, -0.15) is 0 Å². The zero-order valence-electron chi connectivity index (χ0n) is 44.9. The lowest BCUT2D eigenvalue weighted by Crippen LogP contribution is -2.61. The van der Waals surface area contributed by atoms with E-state index >= 15 is 0 Å². The predicted octanol–water partition coefficient (Wildman–Crippen LogP) is 5.33. The van der Waals surface area contributed by atoms with Gasteiger partial charge in [0, 0.05) is 51.4 Å². The van der Waals surface area contributed by atoms with Gasteiger partial charge in [0.1, 0.15) is 42.3 Å². The lowest BCUT2D eigenvalue weighted by atomic mass is 9.78. The van der Waals surface area contributed by atoms with Crippen LogP contribution in [0, 0.1) is 35.5 Å². The molecular weight excluding hydrogens is 943 g/mol. The third kappa shape index (κ3) is 16.5. The van der Waals surface area contributed by atoms with Gasteiger partial charge >= 0.3 is 5.97 Å². The summed E-state index contributed by atoms with van der Waals surface area (Å²) in [5, 5.41) is 43.7. The molecule has 4 aliphatic heterocycles. The highest BCUT2D eigenvalue weighted by molar-refractivity contribution is 6.39. The molecule has 412 valence electrons. The number of aliphatic hydroxyl groups is 4. The minimum Gasteiger partial charge on any atom is -0.460 e. The molecule has 4 fully saturated rings. The molecule has 3 unspecified atom stereocenters. The first kappa shape index (κ1) is 60.4. The molecule has 1 amide bonds. The fourth-order valence-corrected chi connectivity index (χ4v) is 11.0. The molecule has 17 heteroatoms. The van der Waals surface area contributed by atoms with E-state index in [9.17, 15) is 44.4 Å². The number of ketones is 3. The average Bonchev–Trinajstić information content (AvgIpc) is 3.37. The summed E-state index contributed by atoms with van der Waals surface area (Å²) < 4.78 is 41.8. The number of Topliss-reactive ketones (excluding diaryl/α,β-unsaturated/α-hetero) is 3. The molecule has 17 nitrogen and oxygen atoms in total. The number of amides is 1. The molecule has 0 aromatic carbocycles. The van der Waals surface area contributed by atoms with Crippen molar-refractivity contribution in [3.8, 4) is 0 Å². The van der Waals surface area contributed by atoms with Gasteiger partial charge in [0.15, 0.2) is 5.78 Å². The maximum absolute atomic E-state index is 14.5. The van der Waals surface area contributed by atoms with Gasteiger partial charge in [0.05, 0.1) is 50.8 Å². The lowest BCUT2D eigenvalue weighted by molar-refractivity contribution is -0.266. The molecule has 0 spiro atoms. The second-order valence-electron chi connectivity index (χ2n) is 21.8. The Balaban J connectivity index is 1.47. The standard InChI is InChI=1S/C56H87NO16/c1-33-15-11-10-12-16-34(2)47(71-32-43-31-69-42(29-58)30-70-43)27-41-20-18-39(7)56(66,73-41)53(63)54(64)57-22-14-13-17-44(57)55(65)72-48(36(4)25-40-19-21-45(59)49(26-40)67-8)28-46(60)35(3)24-38(6)51(62)52(68-9)50(61)37(5)23-33/h10-12,15-16,24,33,35-37,39-45,47-49,51-52,58-59,62,66H,13-14,17-23,25-32H2,1-9H3/b12-10+,15-11+,34-16+,38-24+/t33-,35-,36-,37-,39-,40+,41+,42?,43?,44+,45-,47?,48+,49-,51-,52+,56-/m1/s1. The van der Waals surface area contributed by atoms with Crippen LogP contribution in [0.2, 0.25) is 0 Å². The summed E-state index contributed by atoms with van der Waals surface area (Å²) in [6, 6.07) is -1.18. The molecule has 3 saturated heterocycles. The van der Waals surface area contributed by atoms with E-state index < -0.39 is 96.1 Å². The number of esters is 1. The number of piperidine rings is 1. The molecule has 0 radical (unpaired) electrons. The summed E-state index contributed by atoms with van der Waals surface area (Å²) in [4.78, 5) is 72.6. The molecule has 0 aromatic heterocycles. The van der Waals surface area contributed by atoms with Crippen molar-refractivity contribution in [2.75, 3.05) is 47.2 Å². The number of methoxy groups -OCH3 is 2. The minimum absolute atomic E-state index is 0.0247. The van der Waals surface area contributed by atoms with Gasteiger partial charge in [-0.25, -0.2) is 4.79 Å². The van der Waals surface area contributed by atoms with Crippen LogP contribution in [0.3, 0.4) is 0 Å². The second kappa shape index (κ2) is 28.6. The third-order valence-electron chi connectivity index (χ3n) is 15.9. The van der Waals surface area contributed by atoms with Crippen LogP contribution in [-0.4, -0.2) is 169 Å². The van der Waals surface area contributed by atoms with Gasteiger partial charge in [0.2, 0.25) is 5.79 Å². The summed E-state index contributed by atoms with van der Waals surface area (Å²) in [5.74, 6) is -8.36. The number of fused-ring (bicyclic) bond motifs is 3. The first-order valence-corrected chi connectivity index (χ1v) is 26.8. The summed E-state index contributed by atoms with van der Waals surface area (Å²) in [6.07, 6.45) is 9.47. The van der Waals surface area contributed by atoms with Crippen LogP contribution < -0.4 is 0 Å². The molecule has 1 saturated carbocycles. The van der Waals surface area contributed by atoms with Crippen LogP contribution in [-0.2, 0) is 57.1 Å². The monoisotopic (exact) mass is 1030 g/mol. The second-order valence-corrected chi connectivity index (χ2v) is 21.8. The number of cyclic esters (lactones) is 1. The molecule has 5 aliphatic rings. The summed E-state index contributed by atoms with van der Waals surface area (Å²) in [5.41, 5.74) is 1.18. The first-order chi connectivity index (χ1) is 34.7. The zero-order chi connectivity index (χ0) is 53.6. The molecular formula is C56H87NO16. The van der Waals surface area contributed by atoms with Gasteiger partial charge in [-0.15, -0.1) is 0 Å². The Labute approximate surface area is 433 Å². The van der Waals surface area contributed by atoms with E-state index in [2.05, 4.69) is 0 Å². The van der Waals surface area contributed by atoms with Crippen LogP contribution >= 0.6 is 0 Å². The van der Waals surface area contributed by atoms with Gasteiger partial charge in [-0.05, 0) is 107 Å². The largest absolute Gasteiger partial charge is 0.460 e. The van der Waals surface area contributed by atoms with Crippen LogP contribution in [0.5, 0.6) is 0 Å². The molecule has 1 aliphatic carbocycles. The van der Waals surface area contributed by atoms with Crippen LogP contribution in [0.1, 0.15) is 126 Å². The van der Waals surface area contributed by atoms with E-state index in [1.165, 1.54) is 12.0 Å². The molecule has 73 heavy (non-hydrogen) atoms. The smallest absolute Gasteiger partial charge is 0.329 e. The number of hydrogen-bond donors (Lipinski definition) is 4. The Morgan fingerprint density at radius 3 is 2.26 bits per heavy atom. The maximum Gasteiger partial charge on any atom is 0.329 e. The van der Waals surface area contributed by atoms with Crippen LogP contribution in [0.4, 0.5) is 0 Å². The number of hydrogen-bond acceptors (Lipinski definition) is 16. The first-order valence-electron chi connectivity index (χ1n) is 26.8. The molecule has 0 aromatic rings. The Hall–Kier alpha value is -3.49. The Morgan fingerprint density at radius 1 is 0.849 bits per heavy atom. The van der Waals surface area contributed by atoms with Crippen molar-refractivity contribution in [1.82, 2.24) is 4.90 Å². The average molecular weight is 1030 g/mol. The molecule has 2 bridgehead atoms. The third-order valence-corrected chi connectivity index (χ3v) is 15.9. The summed E-state index contributed by atoms with van der Waals surface area (Å²) >= 11 is 0. The highest BCUT2D eigenvalue weighted by Gasteiger charge is 2.53. The van der Waals surface area contributed by atoms with E-state index in [4.69, 9.17) is 33.2 Å². The van der Waals surface area contributed by atoms with Gasteiger partial charge in [-0.1, -0.05) is 71.1 Å². The highest BCUT2D eigenvalue weighted by Crippen LogP contribution is 2.38. The molecule has 4 N–H and O–H groups in total. The van der Waals surface area contributed by atoms with Crippen LogP contribution in [0.15, 0.2) is 47.6 Å². The quantitative estimate of drug-likeness (QED) is 0.130.